The molecule has 3 rings (SSSR count). The quantitative estimate of drug-likeness (QED) is 0.884. The fourth-order valence-electron chi connectivity index (χ4n) is 3.10. The summed E-state index contributed by atoms with van der Waals surface area (Å²) in [6.07, 6.45) is 5.81. The van der Waals surface area contributed by atoms with Gasteiger partial charge in [-0.3, -0.25) is 4.79 Å². The van der Waals surface area contributed by atoms with Crippen LogP contribution in [0.25, 0.3) is 0 Å². The molecule has 1 aliphatic carbocycles. The summed E-state index contributed by atoms with van der Waals surface area (Å²) in [4.78, 5) is 12.1. The zero-order chi connectivity index (χ0) is 13.8. The number of rotatable bonds is 4. The maximum absolute atomic E-state index is 12.1. The molecule has 2 N–H and O–H groups in total. The first kappa shape index (κ1) is 13.4. The van der Waals surface area contributed by atoms with Gasteiger partial charge in [-0.25, -0.2) is 0 Å². The van der Waals surface area contributed by atoms with E-state index in [2.05, 4.69) is 10.6 Å². The predicted octanol–water partition coefficient (Wildman–Crippen LogP) is 2.16. The van der Waals surface area contributed by atoms with Gasteiger partial charge >= 0.3 is 0 Å². The summed E-state index contributed by atoms with van der Waals surface area (Å²) < 4.78 is 5.61. The molecule has 1 fully saturated rings. The van der Waals surface area contributed by atoms with Crippen molar-refractivity contribution in [1.29, 1.82) is 0 Å². The minimum atomic E-state index is 0.0813. The lowest BCUT2D eigenvalue weighted by Gasteiger charge is -2.26. The SMILES string of the molecule is O=C(CNC1CCCC1)NC1CCOc2ccccc21. The number of ether oxygens (including phenoxy) is 1. The van der Waals surface area contributed by atoms with E-state index in [1.807, 2.05) is 24.3 Å². The Labute approximate surface area is 119 Å². The van der Waals surface area contributed by atoms with Gasteiger partial charge in [0.05, 0.1) is 19.2 Å². The third-order valence-corrected chi connectivity index (χ3v) is 4.20. The Balaban J connectivity index is 1.54. The Bertz CT molecular complexity index is 469. The van der Waals surface area contributed by atoms with E-state index in [4.69, 9.17) is 4.74 Å². The van der Waals surface area contributed by atoms with Gasteiger partial charge in [-0.15, -0.1) is 0 Å². The third-order valence-electron chi connectivity index (χ3n) is 4.20. The van der Waals surface area contributed by atoms with Crippen molar-refractivity contribution in [2.75, 3.05) is 13.2 Å². The van der Waals surface area contributed by atoms with Crippen LogP contribution in [0.2, 0.25) is 0 Å². The molecule has 1 aromatic rings. The molecule has 4 heteroatoms. The summed E-state index contributed by atoms with van der Waals surface area (Å²) in [7, 11) is 0. The Morgan fingerprint density at radius 1 is 1.20 bits per heavy atom. The van der Waals surface area contributed by atoms with Gasteiger partial charge in [-0.2, -0.15) is 0 Å². The number of hydrogen-bond donors (Lipinski definition) is 2. The number of para-hydroxylation sites is 1. The molecule has 1 amide bonds. The van der Waals surface area contributed by atoms with E-state index in [0.29, 0.717) is 19.2 Å². The number of carbonyl (C=O) groups excluding carboxylic acids is 1. The molecule has 0 radical (unpaired) electrons. The maximum atomic E-state index is 12.1. The number of amides is 1. The van der Waals surface area contributed by atoms with Gasteiger partial charge in [0.15, 0.2) is 0 Å². The third kappa shape index (κ3) is 3.12. The monoisotopic (exact) mass is 274 g/mol. The molecule has 1 aliphatic heterocycles. The Morgan fingerprint density at radius 3 is 2.85 bits per heavy atom. The minimum absolute atomic E-state index is 0.0813. The molecule has 1 saturated carbocycles. The molecule has 1 atom stereocenters. The van der Waals surface area contributed by atoms with Crippen molar-refractivity contribution >= 4 is 5.91 Å². The summed E-state index contributed by atoms with van der Waals surface area (Å²) in [6, 6.07) is 8.56. The molecule has 20 heavy (non-hydrogen) atoms. The fraction of sp³-hybridized carbons (Fsp3) is 0.562. The van der Waals surface area contributed by atoms with E-state index in [9.17, 15) is 4.79 Å². The highest BCUT2D eigenvalue weighted by atomic mass is 16.5. The second-order valence-corrected chi connectivity index (χ2v) is 5.66. The van der Waals surface area contributed by atoms with E-state index in [-0.39, 0.29) is 11.9 Å². The molecule has 0 bridgehead atoms. The first-order valence-corrected chi connectivity index (χ1v) is 7.57. The van der Waals surface area contributed by atoms with E-state index < -0.39 is 0 Å². The Hall–Kier alpha value is -1.55. The first-order valence-electron chi connectivity index (χ1n) is 7.57. The van der Waals surface area contributed by atoms with Crippen LogP contribution < -0.4 is 15.4 Å². The summed E-state index contributed by atoms with van der Waals surface area (Å²) in [5.74, 6) is 0.978. The molecule has 1 unspecified atom stereocenters. The molecule has 2 aliphatic rings. The van der Waals surface area contributed by atoms with Crippen molar-refractivity contribution in [3.05, 3.63) is 29.8 Å². The average molecular weight is 274 g/mol. The van der Waals surface area contributed by atoms with Gasteiger partial charge in [-0.05, 0) is 18.9 Å². The lowest BCUT2D eigenvalue weighted by atomic mass is 10.0. The highest BCUT2D eigenvalue weighted by molar-refractivity contribution is 5.78. The van der Waals surface area contributed by atoms with Crippen molar-refractivity contribution in [3.63, 3.8) is 0 Å². The van der Waals surface area contributed by atoms with Crippen molar-refractivity contribution in [1.82, 2.24) is 10.6 Å². The number of fused-ring (bicyclic) bond motifs is 1. The Morgan fingerprint density at radius 2 is 2.00 bits per heavy atom. The van der Waals surface area contributed by atoms with E-state index in [1.165, 1.54) is 25.7 Å². The highest BCUT2D eigenvalue weighted by Crippen LogP contribution is 2.31. The van der Waals surface area contributed by atoms with Crippen LogP contribution in [0.5, 0.6) is 5.75 Å². The molecule has 108 valence electrons. The van der Waals surface area contributed by atoms with Gasteiger partial charge in [0, 0.05) is 18.0 Å². The normalized spacial score (nSPS) is 22.1. The van der Waals surface area contributed by atoms with Gasteiger partial charge < -0.3 is 15.4 Å². The number of benzene rings is 1. The van der Waals surface area contributed by atoms with Crippen LogP contribution >= 0.6 is 0 Å². The molecule has 4 nitrogen and oxygen atoms in total. The van der Waals surface area contributed by atoms with Gasteiger partial charge in [0.2, 0.25) is 5.91 Å². The van der Waals surface area contributed by atoms with Crippen molar-refractivity contribution in [2.45, 2.75) is 44.2 Å². The van der Waals surface area contributed by atoms with Crippen LogP contribution in [0.3, 0.4) is 0 Å². The standard InChI is InChI=1S/C16H22N2O2/c19-16(11-17-12-5-1-2-6-12)18-14-9-10-20-15-8-4-3-7-13(14)15/h3-4,7-8,12,14,17H,1-2,5-6,9-11H2,(H,18,19). The number of nitrogens with one attached hydrogen (secondary N) is 2. The molecule has 1 heterocycles. The smallest absolute Gasteiger partial charge is 0.234 e. The summed E-state index contributed by atoms with van der Waals surface area (Å²) >= 11 is 0. The molecule has 0 aromatic heterocycles. The summed E-state index contributed by atoms with van der Waals surface area (Å²) in [6.45, 7) is 1.09. The topological polar surface area (TPSA) is 50.4 Å². The van der Waals surface area contributed by atoms with Gasteiger partial charge in [0.1, 0.15) is 5.75 Å². The lowest BCUT2D eigenvalue weighted by molar-refractivity contribution is -0.121. The molecular weight excluding hydrogens is 252 g/mol. The number of carbonyl (C=O) groups is 1. The van der Waals surface area contributed by atoms with Gasteiger partial charge in [0.25, 0.3) is 0 Å². The fourth-order valence-corrected chi connectivity index (χ4v) is 3.10. The van der Waals surface area contributed by atoms with Crippen LogP contribution in [0.15, 0.2) is 24.3 Å². The first-order chi connectivity index (χ1) is 9.83. The predicted molar refractivity (Wildman–Crippen MR) is 77.7 cm³/mol. The lowest BCUT2D eigenvalue weighted by Crippen LogP contribution is -2.40. The highest BCUT2D eigenvalue weighted by Gasteiger charge is 2.23. The van der Waals surface area contributed by atoms with Crippen LogP contribution in [0, 0.1) is 0 Å². The summed E-state index contributed by atoms with van der Waals surface area (Å²) in [5.41, 5.74) is 1.09. The Kier molecular flexibility index (Phi) is 4.21. The molecular formula is C16H22N2O2. The van der Waals surface area contributed by atoms with Crippen LogP contribution in [0.1, 0.15) is 43.7 Å². The van der Waals surface area contributed by atoms with Gasteiger partial charge in [-0.1, -0.05) is 31.0 Å². The molecule has 0 saturated heterocycles. The second-order valence-electron chi connectivity index (χ2n) is 5.66. The van der Waals surface area contributed by atoms with Crippen molar-refractivity contribution < 1.29 is 9.53 Å². The van der Waals surface area contributed by atoms with Crippen molar-refractivity contribution in [3.8, 4) is 5.75 Å². The summed E-state index contributed by atoms with van der Waals surface area (Å²) in [5, 5.41) is 6.47. The van der Waals surface area contributed by atoms with E-state index >= 15 is 0 Å². The van der Waals surface area contributed by atoms with Crippen molar-refractivity contribution in [2.24, 2.45) is 0 Å². The van der Waals surface area contributed by atoms with Crippen LogP contribution in [-0.2, 0) is 4.79 Å². The van der Waals surface area contributed by atoms with E-state index in [1.54, 1.807) is 0 Å². The zero-order valence-corrected chi connectivity index (χ0v) is 11.7. The molecule has 1 aromatic carbocycles. The number of hydrogen-bond acceptors (Lipinski definition) is 3. The van der Waals surface area contributed by atoms with Crippen LogP contribution in [-0.4, -0.2) is 25.1 Å². The second kappa shape index (κ2) is 6.27. The van der Waals surface area contributed by atoms with E-state index in [0.717, 1.165) is 17.7 Å². The van der Waals surface area contributed by atoms with Crippen LogP contribution in [0.4, 0.5) is 0 Å². The zero-order valence-electron chi connectivity index (χ0n) is 11.7. The largest absolute Gasteiger partial charge is 0.493 e. The minimum Gasteiger partial charge on any atom is -0.493 e. The molecule has 0 spiro atoms. The average Bonchev–Trinajstić information content (AvgIpc) is 2.99. The maximum Gasteiger partial charge on any atom is 0.234 e.